The molecule has 0 atom stereocenters. The molecule has 0 bridgehead atoms. The second-order valence-electron chi connectivity index (χ2n) is 4.45. The lowest BCUT2D eigenvalue weighted by molar-refractivity contribution is -0.120. The Morgan fingerprint density at radius 2 is 1.67 bits per heavy atom. The van der Waals surface area contributed by atoms with Crippen molar-refractivity contribution in [1.82, 2.24) is 4.98 Å². The normalized spacial score (nSPS) is 19.5. The van der Waals surface area contributed by atoms with Gasteiger partial charge in [-0.05, 0) is 37.8 Å². The van der Waals surface area contributed by atoms with Gasteiger partial charge in [0, 0.05) is 11.1 Å². The predicted molar refractivity (Wildman–Crippen MR) is 67.2 cm³/mol. The quantitative estimate of drug-likeness (QED) is 0.577. The molecule has 1 aromatic heterocycles. The van der Waals surface area contributed by atoms with E-state index in [9.17, 15) is 9.59 Å². The number of anilines is 1. The number of aromatic nitrogens is 1. The summed E-state index contributed by atoms with van der Waals surface area (Å²) < 4.78 is 0. The first-order chi connectivity index (χ1) is 8.68. The fraction of sp³-hybridized carbons (Fsp3) is 0.308. The van der Waals surface area contributed by atoms with Gasteiger partial charge in [-0.1, -0.05) is 11.6 Å². The summed E-state index contributed by atoms with van der Waals surface area (Å²) in [6.07, 6.45) is 4.82. The van der Waals surface area contributed by atoms with Crippen LogP contribution in [-0.2, 0) is 9.59 Å². The monoisotopic (exact) mass is 262 g/mol. The van der Waals surface area contributed by atoms with Gasteiger partial charge in [0.15, 0.2) is 0 Å². The van der Waals surface area contributed by atoms with Crippen molar-refractivity contribution in [3.8, 4) is 0 Å². The van der Waals surface area contributed by atoms with Gasteiger partial charge in [-0.25, -0.2) is 9.88 Å². The molecule has 1 aliphatic carbocycles. The molecule has 18 heavy (non-hydrogen) atoms. The van der Waals surface area contributed by atoms with Crippen LogP contribution in [0.1, 0.15) is 25.7 Å². The Kier molecular flexibility index (Phi) is 2.67. The summed E-state index contributed by atoms with van der Waals surface area (Å²) in [7, 11) is 0. The second kappa shape index (κ2) is 4.21. The summed E-state index contributed by atoms with van der Waals surface area (Å²) in [6.45, 7) is 0. The van der Waals surface area contributed by atoms with Crippen molar-refractivity contribution in [2.45, 2.75) is 25.7 Å². The van der Waals surface area contributed by atoms with Gasteiger partial charge < -0.3 is 0 Å². The predicted octanol–water partition coefficient (Wildman–Crippen LogP) is 2.48. The molecule has 0 saturated carbocycles. The highest BCUT2D eigenvalue weighted by atomic mass is 35.5. The lowest BCUT2D eigenvalue weighted by Gasteiger charge is -2.14. The van der Waals surface area contributed by atoms with Crippen molar-refractivity contribution >= 4 is 29.1 Å². The van der Waals surface area contributed by atoms with Crippen molar-refractivity contribution in [1.29, 1.82) is 0 Å². The fourth-order valence-corrected chi connectivity index (χ4v) is 2.59. The Bertz CT molecular complexity index is 535. The van der Waals surface area contributed by atoms with E-state index in [0.29, 0.717) is 34.8 Å². The molecule has 0 spiro atoms. The minimum Gasteiger partial charge on any atom is -0.269 e. The molecular formula is C13H11ClN2O2. The Labute approximate surface area is 109 Å². The van der Waals surface area contributed by atoms with Crippen LogP contribution in [0.2, 0.25) is 5.15 Å². The lowest BCUT2D eigenvalue weighted by Crippen LogP contribution is -2.31. The molecule has 1 aliphatic heterocycles. The van der Waals surface area contributed by atoms with Crippen LogP contribution in [0, 0.1) is 0 Å². The van der Waals surface area contributed by atoms with Crippen molar-refractivity contribution in [3.05, 3.63) is 34.6 Å². The van der Waals surface area contributed by atoms with E-state index < -0.39 is 0 Å². The van der Waals surface area contributed by atoms with Gasteiger partial charge in [0.05, 0.1) is 11.9 Å². The summed E-state index contributed by atoms with van der Waals surface area (Å²) >= 11 is 5.70. The molecule has 0 fully saturated rings. The summed E-state index contributed by atoms with van der Waals surface area (Å²) in [5, 5.41) is 0.343. The summed E-state index contributed by atoms with van der Waals surface area (Å²) in [5.41, 5.74) is 1.85. The largest absolute Gasteiger partial charge is 0.269 e. The molecular weight excluding hydrogens is 252 g/mol. The molecule has 0 radical (unpaired) electrons. The first kappa shape index (κ1) is 11.4. The first-order valence-corrected chi connectivity index (χ1v) is 6.28. The fourth-order valence-electron chi connectivity index (χ4n) is 2.47. The van der Waals surface area contributed by atoms with Gasteiger partial charge in [-0.15, -0.1) is 0 Å². The van der Waals surface area contributed by atoms with E-state index in [4.69, 9.17) is 11.6 Å². The van der Waals surface area contributed by atoms with Crippen LogP contribution < -0.4 is 4.90 Å². The maximum absolute atomic E-state index is 12.2. The van der Waals surface area contributed by atoms with Crippen LogP contribution in [0.3, 0.4) is 0 Å². The Hall–Kier alpha value is -1.68. The summed E-state index contributed by atoms with van der Waals surface area (Å²) in [5.74, 6) is -0.391. The van der Waals surface area contributed by atoms with E-state index in [1.54, 1.807) is 12.1 Å². The van der Waals surface area contributed by atoms with Crippen molar-refractivity contribution in [2.24, 2.45) is 0 Å². The molecule has 3 rings (SSSR count). The third-order valence-corrected chi connectivity index (χ3v) is 3.58. The zero-order valence-corrected chi connectivity index (χ0v) is 10.4. The Balaban J connectivity index is 1.99. The lowest BCUT2D eigenvalue weighted by atomic mass is 9.93. The minimum atomic E-state index is -0.196. The van der Waals surface area contributed by atoms with Crippen LogP contribution in [0.4, 0.5) is 5.69 Å². The summed E-state index contributed by atoms with van der Waals surface area (Å²) in [4.78, 5) is 29.6. The van der Waals surface area contributed by atoms with Gasteiger partial charge in [-0.3, -0.25) is 9.59 Å². The van der Waals surface area contributed by atoms with Crippen LogP contribution in [0.5, 0.6) is 0 Å². The van der Waals surface area contributed by atoms with Crippen LogP contribution >= 0.6 is 11.6 Å². The Morgan fingerprint density at radius 3 is 2.17 bits per heavy atom. The van der Waals surface area contributed by atoms with E-state index in [0.717, 1.165) is 12.8 Å². The van der Waals surface area contributed by atoms with Gasteiger partial charge in [0.2, 0.25) is 0 Å². The highest BCUT2D eigenvalue weighted by molar-refractivity contribution is 6.33. The van der Waals surface area contributed by atoms with E-state index in [1.807, 2.05) is 0 Å². The molecule has 0 N–H and O–H groups in total. The average molecular weight is 263 g/mol. The van der Waals surface area contributed by atoms with Crippen molar-refractivity contribution in [3.63, 3.8) is 0 Å². The zero-order chi connectivity index (χ0) is 12.7. The molecule has 2 amide bonds. The van der Waals surface area contributed by atoms with E-state index >= 15 is 0 Å². The topological polar surface area (TPSA) is 50.3 Å². The maximum atomic E-state index is 12.2. The number of imide groups is 1. The molecule has 0 unspecified atom stereocenters. The molecule has 4 nitrogen and oxygen atoms in total. The number of hydrogen-bond acceptors (Lipinski definition) is 3. The maximum Gasteiger partial charge on any atom is 0.261 e. The standard InChI is InChI=1S/C13H11ClN2O2/c14-11-6-5-8(7-15-11)16-12(17)9-3-1-2-4-10(9)13(16)18/h5-7H,1-4H2. The molecule has 0 saturated heterocycles. The van der Waals surface area contributed by atoms with E-state index in [-0.39, 0.29) is 11.8 Å². The molecule has 92 valence electrons. The van der Waals surface area contributed by atoms with E-state index in [1.165, 1.54) is 11.1 Å². The number of pyridine rings is 1. The number of rotatable bonds is 1. The number of nitrogens with zero attached hydrogens (tertiary/aromatic N) is 2. The van der Waals surface area contributed by atoms with Gasteiger partial charge in [-0.2, -0.15) is 0 Å². The average Bonchev–Trinajstić information content (AvgIpc) is 2.64. The van der Waals surface area contributed by atoms with Crippen LogP contribution in [-0.4, -0.2) is 16.8 Å². The molecule has 1 aromatic rings. The van der Waals surface area contributed by atoms with Crippen LogP contribution in [0.15, 0.2) is 29.5 Å². The smallest absolute Gasteiger partial charge is 0.261 e. The first-order valence-electron chi connectivity index (χ1n) is 5.91. The molecule has 5 heteroatoms. The van der Waals surface area contributed by atoms with Gasteiger partial charge in [0.1, 0.15) is 5.15 Å². The molecule has 2 aliphatic rings. The highest BCUT2D eigenvalue weighted by Crippen LogP contribution is 2.35. The number of hydrogen-bond donors (Lipinski definition) is 0. The van der Waals surface area contributed by atoms with Crippen LogP contribution in [0.25, 0.3) is 0 Å². The van der Waals surface area contributed by atoms with Gasteiger partial charge in [0.25, 0.3) is 11.8 Å². The SMILES string of the molecule is O=C1C2=C(CCCC2)C(=O)N1c1ccc(Cl)nc1. The number of carbonyl (C=O) groups is 2. The Morgan fingerprint density at radius 1 is 1.06 bits per heavy atom. The molecule has 0 aromatic carbocycles. The highest BCUT2D eigenvalue weighted by Gasteiger charge is 2.39. The summed E-state index contributed by atoms with van der Waals surface area (Å²) in [6, 6.07) is 3.22. The van der Waals surface area contributed by atoms with Crippen molar-refractivity contribution in [2.75, 3.05) is 4.90 Å². The van der Waals surface area contributed by atoms with E-state index in [2.05, 4.69) is 4.98 Å². The van der Waals surface area contributed by atoms with Gasteiger partial charge >= 0.3 is 0 Å². The minimum absolute atomic E-state index is 0.196. The number of amides is 2. The van der Waals surface area contributed by atoms with Crippen molar-refractivity contribution < 1.29 is 9.59 Å². The second-order valence-corrected chi connectivity index (χ2v) is 4.84. The zero-order valence-electron chi connectivity index (χ0n) is 9.65. The number of halogens is 1. The third-order valence-electron chi connectivity index (χ3n) is 3.36. The third kappa shape index (κ3) is 1.64. The molecule has 2 heterocycles. The number of carbonyl (C=O) groups excluding carboxylic acids is 2.